The average molecular weight is 97.0 g/mol. The molecule has 0 amide bonds. The van der Waals surface area contributed by atoms with Crippen molar-refractivity contribution in [2.75, 3.05) is 0 Å². The highest BCUT2D eigenvalue weighted by Gasteiger charge is 1.96. The van der Waals surface area contributed by atoms with Gasteiger partial charge in [-0.1, -0.05) is 0 Å². The van der Waals surface area contributed by atoms with Gasteiger partial charge in [0.15, 0.2) is 0 Å². The fraction of sp³-hybridized carbons (Fsp3) is 0. The zero-order valence-corrected chi connectivity index (χ0v) is 3.22. The quantitative estimate of drug-likeness (QED) is 0.340. The van der Waals surface area contributed by atoms with Crippen molar-refractivity contribution in [3.8, 4) is 0 Å². The third kappa shape index (κ3) is 1510. The van der Waals surface area contributed by atoms with Gasteiger partial charge in [-0.25, -0.2) is 10.1 Å². The highest BCUT2D eigenvalue weighted by molar-refractivity contribution is 7.49. The molecule has 0 fully saturated rings. The lowest BCUT2D eigenvalue weighted by atomic mass is 13.9. The zero-order chi connectivity index (χ0) is 4.50. The lowest BCUT2D eigenvalue weighted by Crippen LogP contribution is -1.87. The predicted molar refractivity (Wildman–Crippen MR) is 16.2 cm³/mol. The Morgan fingerprint density at radius 2 is 1.60 bits per heavy atom. The third-order valence-corrected chi connectivity index (χ3v) is 0. The molecule has 0 unspecified atom stereocenters. The Hall–Kier alpha value is 0.110. The number of hydrogen-bond acceptors (Lipinski definition) is 1. The Balaban J connectivity index is 3.47. The largest absolute Gasteiger partial charge is 0.397 e. The first-order valence-electron chi connectivity index (χ1n) is 0.841. The summed E-state index contributed by atoms with van der Waals surface area (Å²) in [5.41, 5.74) is 4.02. The Kier molecular flexibility index (Phi) is 1.09. The van der Waals surface area contributed by atoms with Gasteiger partial charge in [0.1, 0.15) is 0 Å². The van der Waals surface area contributed by atoms with E-state index in [0.717, 1.165) is 0 Å². The fourth-order valence-corrected chi connectivity index (χ4v) is 0. The van der Waals surface area contributed by atoms with Crippen LogP contribution in [-0.4, -0.2) is 9.79 Å². The van der Waals surface area contributed by atoms with Crippen LogP contribution in [0.2, 0.25) is 0 Å². The number of hydrogen-bond donors (Lipinski definition) is 3. The summed E-state index contributed by atoms with van der Waals surface area (Å²) in [5.74, 6) is 0. The molecule has 5 heavy (non-hydrogen) atoms. The van der Waals surface area contributed by atoms with Crippen molar-refractivity contribution in [2.45, 2.75) is 0 Å². The molecule has 0 atom stereocenters. The van der Waals surface area contributed by atoms with E-state index >= 15 is 0 Å². The predicted octanol–water partition coefficient (Wildman–Crippen LogP) is -0.962. The second-order valence-corrected chi connectivity index (χ2v) is 1.77. The van der Waals surface area contributed by atoms with Crippen LogP contribution in [-0.2, 0) is 4.57 Å². The van der Waals surface area contributed by atoms with E-state index in [0.29, 0.717) is 0 Å². The molecule has 0 radical (unpaired) electrons. The summed E-state index contributed by atoms with van der Waals surface area (Å²) in [6.45, 7) is 0. The Bertz CT molecular complexity index is 53.0. The lowest BCUT2D eigenvalue weighted by Gasteiger charge is -1.84. The highest BCUT2D eigenvalue weighted by Crippen LogP contribution is 2.19. The van der Waals surface area contributed by atoms with E-state index in [4.69, 9.17) is 14.4 Å². The molecule has 0 saturated heterocycles. The first-order chi connectivity index (χ1) is 2.00. The minimum atomic E-state index is -4.14. The van der Waals surface area contributed by atoms with Crippen molar-refractivity contribution in [1.82, 2.24) is 0 Å². The number of rotatable bonds is 0. The Morgan fingerprint density at radius 1 is 1.60 bits per heavy atom. The van der Waals surface area contributed by atoms with E-state index in [1.165, 1.54) is 0 Å². The van der Waals surface area contributed by atoms with Crippen LogP contribution in [0.1, 0.15) is 0 Å². The van der Waals surface area contributed by atoms with Crippen molar-refractivity contribution in [1.29, 1.82) is 0 Å². The molecule has 4 nitrogen and oxygen atoms in total. The van der Waals surface area contributed by atoms with Crippen LogP contribution in [0.5, 0.6) is 0 Å². The second kappa shape index (κ2) is 1.06. The molecule has 0 rings (SSSR count). The van der Waals surface area contributed by atoms with Gasteiger partial charge in [0.25, 0.3) is 0 Å². The molecule has 32 valence electrons. The normalized spacial score (nSPS) is 11.8. The SMILES string of the molecule is NP(=O)(O)O. The molecule has 0 aromatic heterocycles. The van der Waals surface area contributed by atoms with E-state index in [9.17, 15) is 0 Å². The van der Waals surface area contributed by atoms with Crippen molar-refractivity contribution in [3.05, 3.63) is 0 Å². The smallest absolute Gasteiger partial charge is 0.313 e. The molecule has 5 heteroatoms. The van der Waals surface area contributed by atoms with Crippen LogP contribution in [0.15, 0.2) is 0 Å². The Labute approximate surface area is 28.8 Å². The minimum absolute atomic E-state index is 4.02. The molecule has 0 aliphatic heterocycles. The van der Waals surface area contributed by atoms with Gasteiger partial charge in [-0.2, -0.15) is 0 Å². The van der Waals surface area contributed by atoms with Gasteiger partial charge >= 0.3 is 7.75 Å². The van der Waals surface area contributed by atoms with Crippen molar-refractivity contribution in [3.63, 3.8) is 0 Å². The van der Waals surface area contributed by atoms with E-state index in [-0.39, 0.29) is 0 Å². The maximum atomic E-state index is 9.10. The molecule has 0 spiro atoms. The standard InChI is InChI=1S/H4NO3P/c1-5(2,3)4/h(H4,1,2,3,4). The van der Waals surface area contributed by atoms with Gasteiger partial charge in [-0.15, -0.1) is 0 Å². The molecule has 4 N–H and O–H groups in total. The highest BCUT2D eigenvalue weighted by atomic mass is 31.2. The summed E-state index contributed by atoms with van der Waals surface area (Å²) in [6.07, 6.45) is 0. The molecular weight excluding hydrogens is 93.0 g/mol. The van der Waals surface area contributed by atoms with Crippen LogP contribution in [0.25, 0.3) is 0 Å². The van der Waals surface area contributed by atoms with Crippen molar-refractivity contribution >= 4 is 7.75 Å². The topological polar surface area (TPSA) is 83.6 Å². The molecule has 0 aromatic rings. The monoisotopic (exact) mass is 97.0 g/mol. The number of nitrogens with two attached hydrogens (primary N) is 1. The molecule has 0 aliphatic rings. The van der Waals surface area contributed by atoms with Crippen LogP contribution >= 0.6 is 7.75 Å². The van der Waals surface area contributed by atoms with Gasteiger partial charge in [0.05, 0.1) is 0 Å². The third-order valence-electron chi connectivity index (χ3n) is 0. The zero-order valence-electron chi connectivity index (χ0n) is 2.33. The van der Waals surface area contributed by atoms with Crippen LogP contribution in [0, 0.1) is 0 Å². The summed E-state index contributed by atoms with van der Waals surface area (Å²) in [4.78, 5) is 14.8. The first-order valence-corrected chi connectivity index (χ1v) is 2.52. The Morgan fingerprint density at radius 3 is 1.60 bits per heavy atom. The molecule has 0 aromatic carbocycles. The van der Waals surface area contributed by atoms with Gasteiger partial charge in [-0.3, -0.25) is 0 Å². The van der Waals surface area contributed by atoms with Crippen molar-refractivity contribution in [2.24, 2.45) is 5.50 Å². The fourth-order valence-electron chi connectivity index (χ4n) is 0. The first kappa shape index (κ1) is 5.11. The molecule has 0 aliphatic carbocycles. The average Bonchev–Trinajstić information content (AvgIpc) is 0.722. The van der Waals surface area contributed by atoms with Gasteiger partial charge in [0, 0.05) is 0 Å². The van der Waals surface area contributed by atoms with E-state index < -0.39 is 7.75 Å². The lowest BCUT2D eigenvalue weighted by molar-refractivity contribution is 0.374. The summed E-state index contributed by atoms with van der Waals surface area (Å²) in [5, 5.41) is 0. The van der Waals surface area contributed by atoms with Crippen molar-refractivity contribution < 1.29 is 14.4 Å². The van der Waals surface area contributed by atoms with Crippen LogP contribution in [0.4, 0.5) is 0 Å². The van der Waals surface area contributed by atoms with Gasteiger partial charge in [-0.05, 0) is 0 Å². The minimum Gasteiger partial charge on any atom is -0.313 e. The van der Waals surface area contributed by atoms with Crippen LogP contribution in [0.3, 0.4) is 0 Å². The summed E-state index contributed by atoms with van der Waals surface area (Å²) in [6, 6.07) is 0. The summed E-state index contributed by atoms with van der Waals surface area (Å²) >= 11 is 0. The van der Waals surface area contributed by atoms with E-state index in [1.807, 2.05) is 0 Å². The van der Waals surface area contributed by atoms with E-state index in [2.05, 4.69) is 5.50 Å². The molecular formula is H4NO3P. The maximum Gasteiger partial charge on any atom is 0.397 e. The molecule has 0 bridgehead atoms. The van der Waals surface area contributed by atoms with Gasteiger partial charge in [0.2, 0.25) is 0 Å². The summed E-state index contributed by atoms with van der Waals surface area (Å²) in [7, 11) is -4.14. The second-order valence-electron chi connectivity index (χ2n) is 0.589. The summed E-state index contributed by atoms with van der Waals surface area (Å²) < 4.78 is 9.10. The van der Waals surface area contributed by atoms with Gasteiger partial charge < -0.3 is 9.79 Å². The maximum absolute atomic E-state index is 9.10. The van der Waals surface area contributed by atoms with Crippen LogP contribution < -0.4 is 5.50 Å². The molecule has 0 heterocycles. The van der Waals surface area contributed by atoms with E-state index in [1.54, 1.807) is 0 Å². The molecule has 0 saturated carbocycles.